The predicted molar refractivity (Wildman–Crippen MR) is 93.9 cm³/mol. The minimum atomic E-state index is -1.05. The minimum Gasteiger partial charge on any atom is -0.478 e. The molecule has 6 nitrogen and oxygen atoms in total. The maximum atomic E-state index is 12.1. The zero-order valence-electron chi connectivity index (χ0n) is 13.4. The quantitative estimate of drug-likeness (QED) is 0.725. The molecular formula is C19H17N3O3. The van der Waals surface area contributed by atoms with Crippen LogP contribution in [0.4, 0.5) is 5.69 Å². The van der Waals surface area contributed by atoms with Gasteiger partial charge in [0.1, 0.15) is 5.56 Å². The third kappa shape index (κ3) is 3.92. The van der Waals surface area contributed by atoms with Gasteiger partial charge in [0.15, 0.2) is 0 Å². The highest BCUT2D eigenvalue weighted by atomic mass is 16.4. The number of hydrogen-bond donors (Lipinski definition) is 2. The summed E-state index contributed by atoms with van der Waals surface area (Å²) in [5.41, 5.74) is 2.08. The van der Waals surface area contributed by atoms with Crippen molar-refractivity contribution in [3.05, 3.63) is 78.1 Å². The second kappa shape index (κ2) is 7.44. The van der Waals surface area contributed by atoms with E-state index in [4.69, 9.17) is 0 Å². The van der Waals surface area contributed by atoms with E-state index in [0.717, 1.165) is 5.69 Å². The van der Waals surface area contributed by atoms with Crippen molar-refractivity contribution in [3.63, 3.8) is 0 Å². The van der Waals surface area contributed by atoms with Crippen molar-refractivity contribution >= 4 is 17.6 Å². The van der Waals surface area contributed by atoms with Gasteiger partial charge in [-0.3, -0.25) is 4.79 Å². The number of aromatic nitrogens is 2. The molecule has 2 N–H and O–H groups in total. The van der Waals surface area contributed by atoms with Crippen LogP contribution in [-0.4, -0.2) is 26.8 Å². The van der Waals surface area contributed by atoms with Crippen molar-refractivity contribution in [1.29, 1.82) is 0 Å². The Balaban J connectivity index is 1.78. The number of carbonyl (C=O) groups excluding carboxylic acids is 1. The van der Waals surface area contributed by atoms with Crippen LogP contribution in [0, 0.1) is 0 Å². The number of carbonyl (C=O) groups is 2. The molecule has 0 radical (unpaired) electrons. The Bertz CT molecular complexity index is 873. The molecule has 0 bridgehead atoms. The number of para-hydroxylation sites is 2. The Kier molecular flexibility index (Phi) is 4.89. The van der Waals surface area contributed by atoms with Gasteiger partial charge in [-0.15, -0.1) is 0 Å². The van der Waals surface area contributed by atoms with Crippen LogP contribution in [0.2, 0.25) is 0 Å². The summed E-state index contributed by atoms with van der Waals surface area (Å²) < 4.78 is 1.57. The molecule has 0 saturated heterocycles. The standard InChI is InChI=1S/C19H17N3O3/c23-18(21-14-7-3-1-4-8-14)12-11-17-16(19(24)25)13-20-22(17)15-9-5-2-6-10-15/h1-10,13H,11-12H2,(H,21,23)(H,24,25). The monoisotopic (exact) mass is 335 g/mol. The van der Waals surface area contributed by atoms with Gasteiger partial charge in [-0.25, -0.2) is 9.48 Å². The van der Waals surface area contributed by atoms with Crippen molar-refractivity contribution in [1.82, 2.24) is 9.78 Å². The molecule has 0 fully saturated rings. The highest BCUT2D eigenvalue weighted by Crippen LogP contribution is 2.17. The fourth-order valence-corrected chi connectivity index (χ4v) is 2.56. The van der Waals surface area contributed by atoms with Crippen LogP contribution < -0.4 is 5.32 Å². The normalized spacial score (nSPS) is 10.4. The SMILES string of the molecule is O=C(CCc1c(C(=O)O)cnn1-c1ccccc1)Nc1ccccc1. The summed E-state index contributed by atoms with van der Waals surface area (Å²) in [5, 5.41) is 16.3. The first-order chi connectivity index (χ1) is 12.1. The lowest BCUT2D eigenvalue weighted by molar-refractivity contribution is -0.116. The van der Waals surface area contributed by atoms with Crippen LogP contribution in [0.25, 0.3) is 5.69 Å². The summed E-state index contributed by atoms with van der Waals surface area (Å²) in [5.74, 6) is -1.23. The Morgan fingerprint density at radius 1 is 1.00 bits per heavy atom. The van der Waals surface area contributed by atoms with Crippen molar-refractivity contribution in [2.24, 2.45) is 0 Å². The molecule has 0 saturated carbocycles. The molecule has 1 aromatic heterocycles. The van der Waals surface area contributed by atoms with Crippen molar-refractivity contribution in [3.8, 4) is 5.69 Å². The summed E-state index contributed by atoms with van der Waals surface area (Å²) in [7, 11) is 0. The summed E-state index contributed by atoms with van der Waals surface area (Å²) in [6.07, 6.45) is 1.75. The van der Waals surface area contributed by atoms with E-state index in [0.29, 0.717) is 11.4 Å². The summed E-state index contributed by atoms with van der Waals surface area (Å²) >= 11 is 0. The molecule has 1 heterocycles. The van der Waals surface area contributed by atoms with Crippen LogP contribution in [0.15, 0.2) is 66.9 Å². The van der Waals surface area contributed by atoms with Gasteiger partial charge in [-0.05, 0) is 30.7 Å². The molecular weight excluding hydrogens is 318 g/mol. The van der Waals surface area contributed by atoms with Gasteiger partial charge in [0, 0.05) is 12.1 Å². The van der Waals surface area contributed by atoms with Gasteiger partial charge in [0.05, 0.1) is 17.6 Å². The van der Waals surface area contributed by atoms with Crippen LogP contribution in [0.5, 0.6) is 0 Å². The lowest BCUT2D eigenvalue weighted by Crippen LogP contribution is -2.15. The van der Waals surface area contributed by atoms with Crippen molar-refractivity contribution < 1.29 is 14.7 Å². The molecule has 25 heavy (non-hydrogen) atoms. The van der Waals surface area contributed by atoms with Gasteiger partial charge in [-0.2, -0.15) is 5.10 Å². The molecule has 2 aromatic carbocycles. The molecule has 0 aliphatic heterocycles. The molecule has 6 heteroatoms. The maximum Gasteiger partial charge on any atom is 0.339 e. The van der Waals surface area contributed by atoms with E-state index in [1.807, 2.05) is 48.5 Å². The number of hydrogen-bond acceptors (Lipinski definition) is 3. The van der Waals surface area contributed by atoms with E-state index in [9.17, 15) is 14.7 Å². The van der Waals surface area contributed by atoms with Crippen LogP contribution in [0.1, 0.15) is 22.5 Å². The average Bonchev–Trinajstić information content (AvgIpc) is 3.06. The molecule has 0 atom stereocenters. The minimum absolute atomic E-state index is 0.108. The summed E-state index contributed by atoms with van der Waals surface area (Å²) in [4.78, 5) is 23.6. The smallest absolute Gasteiger partial charge is 0.339 e. The Morgan fingerprint density at radius 3 is 2.28 bits per heavy atom. The second-order valence-electron chi connectivity index (χ2n) is 5.47. The van der Waals surface area contributed by atoms with E-state index in [2.05, 4.69) is 10.4 Å². The zero-order valence-corrected chi connectivity index (χ0v) is 13.4. The zero-order chi connectivity index (χ0) is 17.6. The lowest BCUT2D eigenvalue weighted by Gasteiger charge is -2.09. The van der Waals surface area contributed by atoms with Crippen LogP contribution in [0.3, 0.4) is 0 Å². The molecule has 1 amide bonds. The number of nitrogens with zero attached hydrogens (tertiary/aromatic N) is 2. The molecule has 0 unspecified atom stereocenters. The maximum absolute atomic E-state index is 12.1. The van der Waals surface area contributed by atoms with Gasteiger partial charge >= 0.3 is 5.97 Å². The third-order valence-electron chi connectivity index (χ3n) is 3.75. The summed E-state index contributed by atoms with van der Waals surface area (Å²) in [6, 6.07) is 18.4. The first-order valence-corrected chi connectivity index (χ1v) is 7.85. The predicted octanol–water partition coefficient (Wildman–Crippen LogP) is 3.14. The van der Waals surface area contributed by atoms with Crippen molar-refractivity contribution in [2.75, 3.05) is 5.32 Å². The second-order valence-corrected chi connectivity index (χ2v) is 5.47. The first-order valence-electron chi connectivity index (χ1n) is 7.85. The first kappa shape index (κ1) is 16.4. The highest BCUT2D eigenvalue weighted by Gasteiger charge is 2.18. The number of aromatic carboxylic acids is 1. The fraction of sp³-hybridized carbons (Fsp3) is 0.105. The number of rotatable bonds is 6. The van der Waals surface area contributed by atoms with Gasteiger partial charge in [-0.1, -0.05) is 36.4 Å². The van der Waals surface area contributed by atoms with E-state index < -0.39 is 5.97 Å². The molecule has 0 spiro atoms. The number of nitrogens with one attached hydrogen (secondary N) is 1. The molecule has 0 aliphatic carbocycles. The number of amides is 1. The highest BCUT2D eigenvalue weighted by molar-refractivity contribution is 5.92. The Labute approximate surface area is 144 Å². The molecule has 3 aromatic rings. The molecule has 126 valence electrons. The molecule has 0 aliphatic rings. The third-order valence-corrected chi connectivity index (χ3v) is 3.75. The van der Waals surface area contributed by atoms with E-state index in [-0.39, 0.29) is 24.3 Å². The summed E-state index contributed by atoms with van der Waals surface area (Å²) in [6.45, 7) is 0. The number of carboxylic acids is 1. The number of anilines is 1. The molecule has 3 rings (SSSR count). The van der Waals surface area contributed by atoms with Crippen molar-refractivity contribution in [2.45, 2.75) is 12.8 Å². The average molecular weight is 335 g/mol. The number of carboxylic acid groups (broad SMARTS) is 1. The lowest BCUT2D eigenvalue weighted by atomic mass is 10.1. The van der Waals surface area contributed by atoms with Gasteiger partial charge in [0.2, 0.25) is 5.91 Å². The van der Waals surface area contributed by atoms with Crippen LogP contribution in [-0.2, 0) is 11.2 Å². The van der Waals surface area contributed by atoms with Crippen LogP contribution >= 0.6 is 0 Å². The Hall–Kier alpha value is -3.41. The van der Waals surface area contributed by atoms with E-state index in [1.54, 1.807) is 16.8 Å². The topological polar surface area (TPSA) is 84.2 Å². The van der Waals surface area contributed by atoms with E-state index >= 15 is 0 Å². The Morgan fingerprint density at radius 2 is 1.64 bits per heavy atom. The number of benzene rings is 2. The largest absolute Gasteiger partial charge is 0.478 e. The van der Waals surface area contributed by atoms with Gasteiger partial charge < -0.3 is 10.4 Å². The van der Waals surface area contributed by atoms with Gasteiger partial charge in [0.25, 0.3) is 0 Å². The fourth-order valence-electron chi connectivity index (χ4n) is 2.56. The van der Waals surface area contributed by atoms with E-state index in [1.165, 1.54) is 6.20 Å².